The summed E-state index contributed by atoms with van der Waals surface area (Å²) in [5, 5.41) is 10.9. The van der Waals surface area contributed by atoms with Crippen molar-refractivity contribution in [3.8, 4) is 5.75 Å². The summed E-state index contributed by atoms with van der Waals surface area (Å²) in [7, 11) is 0. The van der Waals surface area contributed by atoms with Crippen LogP contribution in [-0.2, 0) is 6.42 Å². The molecule has 0 fully saturated rings. The first-order valence-electron chi connectivity index (χ1n) is 4.41. The van der Waals surface area contributed by atoms with Gasteiger partial charge in [-0.3, -0.25) is 0 Å². The zero-order chi connectivity index (χ0) is 10.1. The highest BCUT2D eigenvalue weighted by Gasteiger charge is 2.08. The molecule has 1 heterocycles. The Morgan fingerprint density at radius 3 is 2.93 bits per heavy atom. The number of aromatic hydroxyl groups is 1. The SMILES string of the molecule is NCCc1[nH]c2cc(O)ccc2c1Cl. The number of hydrogen-bond acceptors (Lipinski definition) is 2. The van der Waals surface area contributed by atoms with E-state index in [4.69, 9.17) is 17.3 Å². The van der Waals surface area contributed by atoms with E-state index in [1.165, 1.54) is 0 Å². The summed E-state index contributed by atoms with van der Waals surface area (Å²) >= 11 is 6.12. The van der Waals surface area contributed by atoms with Crippen molar-refractivity contribution in [2.45, 2.75) is 6.42 Å². The van der Waals surface area contributed by atoms with E-state index in [-0.39, 0.29) is 5.75 Å². The summed E-state index contributed by atoms with van der Waals surface area (Å²) in [5.74, 6) is 0.231. The van der Waals surface area contributed by atoms with E-state index >= 15 is 0 Å². The van der Waals surface area contributed by atoms with Crippen LogP contribution < -0.4 is 5.73 Å². The van der Waals surface area contributed by atoms with Crippen LogP contribution in [0.1, 0.15) is 5.69 Å². The van der Waals surface area contributed by atoms with Crippen molar-refractivity contribution in [1.82, 2.24) is 4.98 Å². The van der Waals surface area contributed by atoms with Gasteiger partial charge in [0.2, 0.25) is 0 Å². The minimum Gasteiger partial charge on any atom is -0.508 e. The van der Waals surface area contributed by atoms with E-state index in [0.29, 0.717) is 18.0 Å². The molecule has 0 bridgehead atoms. The average Bonchev–Trinajstić information content (AvgIpc) is 2.44. The third-order valence-electron chi connectivity index (χ3n) is 2.18. The molecule has 4 N–H and O–H groups in total. The summed E-state index contributed by atoms with van der Waals surface area (Å²) in [4.78, 5) is 3.13. The summed E-state index contributed by atoms with van der Waals surface area (Å²) in [6, 6.07) is 5.07. The summed E-state index contributed by atoms with van der Waals surface area (Å²) < 4.78 is 0. The van der Waals surface area contributed by atoms with E-state index < -0.39 is 0 Å². The van der Waals surface area contributed by atoms with E-state index in [1.54, 1.807) is 18.2 Å². The Labute approximate surface area is 86.5 Å². The Bertz CT molecular complexity index is 464. The standard InChI is InChI=1S/C10H11ClN2O/c11-10-7-2-1-6(14)5-9(7)13-8(10)3-4-12/h1-2,5,13-14H,3-4,12H2. The third kappa shape index (κ3) is 1.45. The molecular weight excluding hydrogens is 200 g/mol. The predicted molar refractivity (Wildman–Crippen MR) is 57.7 cm³/mol. The fourth-order valence-electron chi connectivity index (χ4n) is 1.52. The first kappa shape index (κ1) is 9.37. The zero-order valence-electron chi connectivity index (χ0n) is 7.55. The Kier molecular flexibility index (Phi) is 2.35. The molecule has 0 amide bonds. The highest BCUT2D eigenvalue weighted by atomic mass is 35.5. The normalized spacial score (nSPS) is 11.0. The van der Waals surface area contributed by atoms with Crippen molar-refractivity contribution < 1.29 is 5.11 Å². The van der Waals surface area contributed by atoms with Gasteiger partial charge in [0.15, 0.2) is 0 Å². The lowest BCUT2D eigenvalue weighted by Gasteiger charge is -1.92. The molecule has 1 aromatic heterocycles. The number of aromatic nitrogens is 1. The Balaban J connectivity index is 2.61. The van der Waals surface area contributed by atoms with Gasteiger partial charge in [-0.15, -0.1) is 0 Å². The van der Waals surface area contributed by atoms with E-state index in [0.717, 1.165) is 16.6 Å². The molecule has 0 saturated carbocycles. The molecule has 0 atom stereocenters. The molecule has 0 aliphatic rings. The molecule has 1 aromatic carbocycles. The quantitative estimate of drug-likeness (QED) is 0.710. The first-order valence-corrected chi connectivity index (χ1v) is 4.79. The molecule has 0 unspecified atom stereocenters. The van der Waals surface area contributed by atoms with Crippen LogP contribution in [0.3, 0.4) is 0 Å². The molecule has 2 aromatic rings. The van der Waals surface area contributed by atoms with Gasteiger partial charge < -0.3 is 15.8 Å². The second-order valence-electron chi connectivity index (χ2n) is 3.19. The summed E-state index contributed by atoms with van der Waals surface area (Å²) in [5.41, 5.74) is 7.22. The fraction of sp³-hybridized carbons (Fsp3) is 0.200. The van der Waals surface area contributed by atoms with E-state index in [2.05, 4.69) is 4.98 Å². The van der Waals surface area contributed by atoms with Crippen molar-refractivity contribution in [3.05, 3.63) is 28.9 Å². The fourth-order valence-corrected chi connectivity index (χ4v) is 1.83. The lowest BCUT2D eigenvalue weighted by atomic mass is 10.2. The number of rotatable bonds is 2. The van der Waals surface area contributed by atoms with Gasteiger partial charge in [-0.2, -0.15) is 0 Å². The van der Waals surface area contributed by atoms with Crippen LogP contribution in [0.5, 0.6) is 5.75 Å². The minimum absolute atomic E-state index is 0.231. The second kappa shape index (κ2) is 3.52. The molecule has 0 saturated heterocycles. The van der Waals surface area contributed by atoms with Crippen LogP contribution >= 0.6 is 11.6 Å². The zero-order valence-corrected chi connectivity index (χ0v) is 8.30. The summed E-state index contributed by atoms with van der Waals surface area (Å²) in [6.45, 7) is 0.554. The maximum Gasteiger partial charge on any atom is 0.117 e. The molecule has 0 spiro atoms. The van der Waals surface area contributed by atoms with E-state index in [1.807, 2.05) is 0 Å². The first-order chi connectivity index (χ1) is 6.72. The lowest BCUT2D eigenvalue weighted by Crippen LogP contribution is -2.02. The molecule has 0 aliphatic carbocycles. The van der Waals surface area contributed by atoms with Crippen LogP contribution in [0, 0.1) is 0 Å². The predicted octanol–water partition coefficient (Wildman–Crippen LogP) is 2.03. The number of hydrogen-bond donors (Lipinski definition) is 3. The minimum atomic E-state index is 0.231. The van der Waals surface area contributed by atoms with Crippen molar-refractivity contribution in [1.29, 1.82) is 0 Å². The molecule has 14 heavy (non-hydrogen) atoms. The molecule has 0 aliphatic heterocycles. The summed E-state index contributed by atoms with van der Waals surface area (Å²) in [6.07, 6.45) is 0.717. The maximum atomic E-state index is 9.27. The monoisotopic (exact) mass is 210 g/mol. The van der Waals surface area contributed by atoms with Gasteiger partial charge in [-0.25, -0.2) is 0 Å². The van der Waals surface area contributed by atoms with Crippen LogP contribution in [0.15, 0.2) is 18.2 Å². The van der Waals surface area contributed by atoms with Crippen molar-refractivity contribution in [2.24, 2.45) is 5.73 Å². The van der Waals surface area contributed by atoms with Crippen LogP contribution in [0.4, 0.5) is 0 Å². The molecule has 2 rings (SSSR count). The molecule has 0 radical (unpaired) electrons. The molecule has 74 valence electrons. The number of aromatic amines is 1. The van der Waals surface area contributed by atoms with Gasteiger partial charge in [-0.05, 0) is 18.7 Å². The highest BCUT2D eigenvalue weighted by molar-refractivity contribution is 6.36. The van der Waals surface area contributed by atoms with Gasteiger partial charge in [-0.1, -0.05) is 11.6 Å². The van der Waals surface area contributed by atoms with E-state index in [9.17, 15) is 5.11 Å². The number of H-pyrrole nitrogens is 1. The number of phenolic OH excluding ortho intramolecular Hbond substituents is 1. The van der Waals surface area contributed by atoms with Crippen LogP contribution in [0.25, 0.3) is 10.9 Å². The molecule has 4 heteroatoms. The van der Waals surface area contributed by atoms with Crippen molar-refractivity contribution >= 4 is 22.5 Å². The smallest absolute Gasteiger partial charge is 0.117 e. The van der Waals surface area contributed by atoms with Crippen molar-refractivity contribution in [3.63, 3.8) is 0 Å². The number of nitrogens with two attached hydrogens (primary N) is 1. The highest BCUT2D eigenvalue weighted by Crippen LogP contribution is 2.29. The Morgan fingerprint density at radius 2 is 2.21 bits per heavy atom. The van der Waals surface area contributed by atoms with Crippen LogP contribution in [-0.4, -0.2) is 16.6 Å². The lowest BCUT2D eigenvalue weighted by molar-refractivity contribution is 0.476. The number of halogens is 1. The number of phenols is 1. The number of nitrogens with one attached hydrogen (secondary N) is 1. The second-order valence-corrected chi connectivity index (χ2v) is 3.56. The van der Waals surface area contributed by atoms with Gasteiger partial charge >= 0.3 is 0 Å². The average molecular weight is 211 g/mol. The Morgan fingerprint density at radius 1 is 1.43 bits per heavy atom. The maximum absolute atomic E-state index is 9.27. The van der Waals surface area contributed by atoms with Gasteiger partial charge in [0.25, 0.3) is 0 Å². The number of fused-ring (bicyclic) bond motifs is 1. The van der Waals surface area contributed by atoms with Crippen molar-refractivity contribution in [2.75, 3.05) is 6.54 Å². The Hall–Kier alpha value is -1.19. The largest absolute Gasteiger partial charge is 0.508 e. The van der Waals surface area contributed by atoms with Gasteiger partial charge in [0.05, 0.1) is 10.5 Å². The van der Waals surface area contributed by atoms with Gasteiger partial charge in [0, 0.05) is 23.6 Å². The topological polar surface area (TPSA) is 62.0 Å². The molecular formula is C10H11ClN2O. The van der Waals surface area contributed by atoms with Crippen LogP contribution in [0.2, 0.25) is 5.02 Å². The molecule has 3 nitrogen and oxygen atoms in total. The van der Waals surface area contributed by atoms with Gasteiger partial charge in [0.1, 0.15) is 5.75 Å². The third-order valence-corrected chi connectivity index (χ3v) is 2.62. The number of benzene rings is 1.